The highest BCUT2D eigenvalue weighted by Crippen LogP contribution is 2.35. The molecule has 2 amide bonds. The summed E-state index contributed by atoms with van der Waals surface area (Å²) in [6.45, 7) is 0. The molecule has 0 atom stereocenters. The van der Waals surface area contributed by atoms with Crippen molar-refractivity contribution in [2.75, 3.05) is 4.90 Å². The summed E-state index contributed by atoms with van der Waals surface area (Å²) in [6, 6.07) is 16.2. The van der Waals surface area contributed by atoms with E-state index in [2.05, 4.69) is 4.98 Å². The number of primary amides is 1. The van der Waals surface area contributed by atoms with Crippen LogP contribution in [-0.2, 0) is 0 Å². The highest BCUT2D eigenvalue weighted by Gasteiger charge is 2.19. The zero-order valence-electron chi connectivity index (χ0n) is 11.4. The number of rotatable bonds is 3. The molecule has 4 nitrogen and oxygen atoms in total. The quantitative estimate of drug-likeness (QED) is 0.758. The fraction of sp³-hybridized carbons (Fsp3) is 0. The number of carbonyl (C=O) groups excluding carboxylic acids is 1. The van der Waals surface area contributed by atoms with Crippen molar-refractivity contribution in [2.45, 2.75) is 0 Å². The third kappa shape index (κ3) is 2.95. The molecule has 2 N–H and O–H groups in total. The van der Waals surface area contributed by atoms with Crippen molar-refractivity contribution < 1.29 is 4.79 Å². The summed E-state index contributed by atoms with van der Waals surface area (Å²) in [6.07, 6.45) is 1.73. The zero-order valence-corrected chi connectivity index (χ0v) is 13.0. The van der Waals surface area contributed by atoms with Gasteiger partial charge in [-0.15, -0.1) is 0 Å². The van der Waals surface area contributed by atoms with E-state index in [1.807, 2.05) is 30.3 Å². The van der Waals surface area contributed by atoms with Crippen LogP contribution in [0.25, 0.3) is 10.4 Å². The summed E-state index contributed by atoms with van der Waals surface area (Å²) in [4.78, 5) is 18.5. The smallest absolute Gasteiger partial charge is 0.325 e. The van der Waals surface area contributed by atoms with Crippen LogP contribution in [0.15, 0.2) is 60.8 Å². The number of urea groups is 1. The van der Waals surface area contributed by atoms with Crippen molar-refractivity contribution in [3.63, 3.8) is 0 Å². The van der Waals surface area contributed by atoms with Crippen molar-refractivity contribution in [1.82, 2.24) is 4.98 Å². The average Bonchev–Trinajstić information content (AvgIpc) is 2.97. The Balaban J connectivity index is 2.00. The van der Waals surface area contributed by atoms with Crippen LogP contribution in [-0.4, -0.2) is 11.0 Å². The van der Waals surface area contributed by atoms with Crippen LogP contribution in [0, 0.1) is 0 Å². The molecule has 0 aliphatic rings. The second kappa shape index (κ2) is 6.17. The highest BCUT2D eigenvalue weighted by molar-refractivity contribution is 7.19. The molecule has 0 spiro atoms. The molecule has 3 aromatic rings. The van der Waals surface area contributed by atoms with Crippen molar-refractivity contribution >= 4 is 39.8 Å². The van der Waals surface area contributed by atoms with E-state index in [9.17, 15) is 4.79 Å². The van der Waals surface area contributed by atoms with Crippen LogP contribution in [0.1, 0.15) is 0 Å². The van der Waals surface area contributed by atoms with Gasteiger partial charge >= 0.3 is 6.03 Å². The Hall–Kier alpha value is -2.37. The summed E-state index contributed by atoms with van der Waals surface area (Å²) in [5, 5.41) is 1.04. The molecule has 0 fully saturated rings. The molecule has 2 aromatic carbocycles. The summed E-state index contributed by atoms with van der Waals surface area (Å²) >= 11 is 7.38. The Morgan fingerprint density at radius 1 is 1.14 bits per heavy atom. The van der Waals surface area contributed by atoms with Crippen LogP contribution >= 0.6 is 22.9 Å². The van der Waals surface area contributed by atoms with Crippen LogP contribution in [0.2, 0.25) is 5.02 Å². The van der Waals surface area contributed by atoms with Gasteiger partial charge in [0.15, 0.2) is 5.13 Å². The second-order valence-corrected chi connectivity index (χ2v) is 5.97. The predicted molar refractivity (Wildman–Crippen MR) is 90.7 cm³/mol. The number of nitrogens with two attached hydrogens (primary N) is 1. The fourth-order valence-corrected chi connectivity index (χ4v) is 3.18. The largest absolute Gasteiger partial charge is 0.351 e. The maximum absolute atomic E-state index is 11.8. The molecule has 1 heterocycles. The van der Waals surface area contributed by atoms with Crippen LogP contribution in [0.5, 0.6) is 0 Å². The summed E-state index contributed by atoms with van der Waals surface area (Å²) in [5.74, 6) is 0. The number of thiazole rings is 1. The van der Waals surface area contributed by atoms with Gasteiger partial charge < -0.3 is 5.73 Å². The maximum Gasteiger partial charge on any atom is 0.325 e. The van der Waals surface area contributed by atoms with Gasteiger partial charge in [-0.25, -0.2) is 14.7 Å². The molecule has 1 aromatic heterocycles. The fourth-order valence-electron chi connectivity index (χ4n) is 2.05. The normalized spacial score (nSPS) is 10.4. The highest BCUT2D eigenvalue weighted by atomic mass is 35.5. The van der Waals surface area contributed by atoms with Crippen LogP contribution in [0.4, 0.5) is 15.6 Å². The molecule has 0 aliphatic carbocycles. The van der Waals surface area contributed by atoms with E-state index in [1.54, 1.807) is 30.5 Å². The van der Waals surface area contributed by atoms with E-state index >= 15 is 0 Å². The number of anilines is 2. The number of hydrogen-bond acceptors (Lipinski definition) is 3. The van der Waals surface area contributed by atoms with E-state index in [-0.39, 0.29) is 0 Å². The lowest BCUT2D eigenvalue weighted by Gasteiger charge is -2.17. The zero-order chi connectivity index (χ0) is 15.5. The van der Waals surface area contributed by atoms with E-state index in [1.165, 1.54) is 16.2 Å². The molecule has 22 heavy (non-hydrogen) atoms. The van der Waals surface area contributed by atoms with Gasteiger partial charge in [-0.2, -0.15) is 0 Å². The Bertz CT molecular complexity index is 804. The Morgan fingerprint density at radius 3 is 2.59 bits per heavy atom. The molecular formula is C16H12ClN3OS. The molecule has 0 saturated carbocycles. The van der Waals surface area contributed by atoms with Gasteiger partial charge in [-0.1, -0.05) is 59.3 Å². The lowest BCUT2D eigenvalue weighted by molar-refractivity contribution is 0.256. The minimum atomic E-state index is -0.601. The molecule has 3 rings (SSSR count). The standard InChI is InChI=1S/C16H12ClN3OS/c17-12-7-4-8-13(9-12)20(15(18)21)16-19-10-14(22-16)11-5-2-1-3-6-11/h1-10H,(H2,18,21). The number of benzene rings is 2. The maximum atomic E-state index is 11.8. The van der Waals surface area contributed by atoms with Gasteiger partial charge in [0.1, 0.15) is 0 Å². The second-order valence-electron chi connectivity index (χ2n) is 4.53. The van der Waals surface area contributed by atoms with E-state index in [4.69, 9.17) is 17.3 Å². The van der Waals surface area contributed by atoms with Crippen LogP contribution in [0.3, 0.4) is 0 Å². The number of halogens is 1. The number of aromatic nitrogens is 1. The van der Waals surface area contributed by atoms with Gasteiger partial charge in [0.05, 0.1) is 10.6 Å². The lowest BCUT2D eigenvalue weighted by atomic mass is 10.2. The van der Waals surface area contributed by atoms with Crippen LogP contribution < -0.4 is 10.6 Å². The molecule has 0 aliphatic heterocycles. The minimum absolute atomic E-state index is 0.508. The van der Waals surface area contributed by atoms with Crippen molar-refractivity contribution in [2.24, 2.45) is 5.73 Å². The topological polar surface area (TPSA) is 59.2 Å². The number of amides is 2. The number of hydrogen-bond donors (Lipinski definition) is 1. The first-order chi connectivity index (χ1) is 10.6. The first-order valence-electron chi connectivity index (χ1n) is 6.51. The molecule has 0 unspecified atom stereocenters. The molecule has 6 heteroatoms. The Kier molecular flexibility index (Phi) is 4.09. The number of carbonyl (C=O) groups is 1. The Morgan fingerprint density at radius 2 is 1.91 bits per heavy atom. The molecule has 0 saturated heterocycles. The van der Waals surface area contributed by atoms with Crippen molar-refractivity contribution in [1.29, 1.82) is 0 Å². The van der Waals surface area contributed by atoms with Gasteiger partial charge in [0.2, 0.25) is 0 Å². The van der Waals surface area contributed by atoms with Crippen molar-refractivity contribution in [3.05, 3.63) is 65.8 Å². The van der Waals surface area contributed by atoms with E-state index < -0.39 is 6.03 Å². The summed E-state index contributed by atoms with van der Waals surface area (Å²) in [7, 11) is 0. The lowest BCUT2D eigenvalue weighted by Crippen LogP contribution is -2.31. The first-order valence-corrected chi connectivity index (χ1v) is 7.71. The third-order valence-electron chi connectivity index (χ3n) is 3.03. The summed E-state index contributed by atoms with van der Waals surface area (Å²) < 4.78 is 0. The van der Waals surface area contributed by atoms with Crippen molar-refractivity contribution in [3.8, 4) is 10.4 Å². The molecule has 0 radical (unpaired) electrons. The van der Waals surface area contributed by atoms with E-state index in [0.717, 1.165) is 10.4 Å². The van der Waals surface area contributed by atoms with Gasteiger partial charge in [0.25, 0.3) is 0 Å². The third-order valence-corrected chi connectivity index (χ3v) is 4.30. The van der Waals surface area contributed by atoms with Gasteiger partial charge in [-0.3, -0.25) is 0 Å². The molecule has 110 valence electrons. The van der Waals surface area contributed by atoms with Gasteiger partial charge in [0, 0.05) is 11.2 Å². The number of nitrogens with zero attached hydrogens (tertiary/aromatic N) is 2. The monoisotopic (exact) mass is 329 g/mol. The molecule has 0 bridgehead atoms. The average molecular weight is 330 g/mol. The predicted octanol–water partition coefficient (Wildman–Crippen LogP) is 4.68. The molecular weight excluding hydrogens is 318 g/mol. The van der Waals surface area contributed by atoms with Gasteiger partial charge in [-0.05, 0) is 23.8 Å². The SMILES string of the molecule is NC(=O)N(c1cccc(Cl)c1)c1ncc(-c2ccccc2)s1. The van der Waals surface area contributed by atoms with E-state index in [0.29, 0.717) is 15.8 Å². The minimum Gasteiger partial charge on any atom is -0.351 e. The summed E-state index contributed by atoms with van der Waals surface area (Å²) in [5.41, 5.74) is 7.14. The Labute approximate surface area is 136 Å². The first kappa shape index (κ1) is 14.6.